The molecule has 0 amide bonds. The van der Waals surface area contributed by atoms with Crippen LogP contribution in [0.3, 0.4) is 0 Å². The first kappa shape index (κ1) is 16.3. The molecule has 21 heavy (non-hydrogen) atoms. The third-order valence-electron chi connectivity index (χ3n) is 4.52. The Bertz CT molecular complexity index is 578. The highest BCUT2D eigenvalue weighted by molar-refractivity contribution is 5.83. The average Bonchev–Trinajstić information content (AvgIpc) is 2.48. The normalized spacial score (nSPS) is 17.2. The molecule has 3 rings (SSSR count). The van der Waals surface area contributed by atoms with Crippen LogP contribution in [0.25, 0.3) is 10.8 Å². The zero-order chi connectivity index (χ0) is 13.8. The molecular formula is C18H24BrNO. The second-order valence-electron chi connectivity index (χ2n) is 6.21. The van der Waals surface area contributed by atoms with Crippen molar-refractivity contribution in [3.63, 3.8) is 0 Å². The van der Waals surface area contributed by atoms with Gasteiger partial charge in [0.15, 0.2) is 0 Å². The SMILES string of the molecule is C[N+]1(CCOc2ccc3ccccc3c2)CCCCC1.[Br-]. The zero-order valence-electron chi connectivity index (χ0n) is 12.7. The van der Waals surface area contributed by atoms with Crippen LogP contribution in [-0.4, -0.2) is 37.8 Å². The number of fused-ring (bicyclic) bond motifs is 1. The fourth-order valence-electron chi connectivity index (χ4n) is 3.14. The molecule has 1 aliphatic rings. The van der Waals surface area contributed by atoms with Crippen LogP contribution in [0, 0.1) is 0 Å². The molecule has 0 unspecified atom stereocenters. The number of hydrogen-bond acceptors (Lipinski definition) is 1. The van der Waals surface area contributed by atoms with E-state index in [4.69, 9.17) is 4.74 Å². The third-order valence-corrected chi connectivity index (χ3v) is 4.52. The van der Waals surface area contributed by atoms with E-state index in [1.54, 1.807) is 0 Å². The van der Waals surface area contributed by atoms with Gasteiger partial charge >= 0.3 is 0 Å². The van der Waals surface area contributed by atoms with Crippen molar-refractivity contribution in [2.75, 3.05) is 33.3 Å². The van der Waals surface area contributed by atoms with E-state index in [1.807, 2.05) is 0 Å². The molecule has 1 aliphatic heterocycles. The van der Waals surface area contributed by atoms with Crippen molar-refractivity contribution in [1.29, 1.82) is 0 Å². The van der Waals surface area contributed by atoms with Gasteiger partial charge in [-0.3, -0.25) is 0 Å². The van der Waals surface area contributed by atoms with Crippen molar-refractivity contribution in [1.82, 2.24) is 0 Å². The average molecular weight is 350 g/mol. The molecule has 2 aromatic rings. The summed E-state index contributed by atoms with van der Waals surface area (Å²) in [6.45, 7) is 4.55. The van der Waals surface area contributed by atoms with Gasteiger partial charge in [-0.05, 0) is 42.2 Å². The maximum absolute atomic E-state index is 5.97. The van der Waals surface area contributed by atoms with E-state index >= 15 is 0 Å². The Balaban J connectivity index is 0.00000161. The number of halogens is 1. The Morgan fingerprint density at radius 3 is 2.43 bits per heavy atom. The molecule has 0 bridgehead atoms. The van der Waals surface area contributed by atoms with Crippen molar-refractivity contribution in [3.8, 4) is 5.75 Å². The summed E-state index contributed by atoms with van der Waals surface area (Å²) >= 11 is 0. The molecule has 114 valence electrons. The van der Waals surface area contributed by atoms with E-state index in [0.717, 1.165) is 18.9 Å². The molecule has 0 aromatic heterocycles. The van der Waals surface area contributed by atoms with Crippen molar-refractivity contribution in [2.24, 2.45) is 0 Å². The molecule has 0 atom stereocenters. The van der Waals surface area contributed by atoms with Crippen LogP contribution in [0.15, 0.2) is 42.5 Å². The minimum Gasteiger partial charge on any atom is -1.00 e. The minimum atomic E-state index is 0. The lowest BCUT2D eigenvalue weighted by Crippen LogP contribution is -3.00. The number of rotatable bonds is 4. The van der Waals surface area contributed by atoms with Crippen LogP contribution in [-0.2, 0) is 0 Å². The summed E-state index contributed by atoms with van der Waals surface area (Å²) in [5.74, 6) is 0.993. The summed E-state index contributed by atoms with van der Waals surface area (Å²) in [5, 5.41) is 2.53. The Labute approximate surface area is 138 Å². The number of ether oxygens (including phenoxy) is 1. The molecule has 0 spiro atoms. The van der Waals surface area contributed by atoms with E-state index < -0.39 is 0 Å². The van der Waals surface area contributed by atoms with Gasteiger partial charge in [-0.2, -0.15) is 0 Å². The van der Waals surface area contributed by atoms with E-state index in [-0.39, 0.29) is 17.0 Å². The van der Waals surface area contributed by atoms with Gasteiger partial charge in [0.1, 0.15) is 18.9 Å². The second kappa shape index (κ2) is 7.28. The van der Waals surface area contributed by atoms with Crippen molar-refractivity contribution in [2.45, 2.75) is 19.3 Å². The van der Waals surface area contributed by atoms with Crippen LogP contribution >= 0.6 is 0 Å². The van der Waals surface area contributed by atoms with Gasteiger partial charge < -0.3 is 26.2 Å². The summed E-state index contributed by atoms with van der Waals surface area (Å²) in [4.78, 5) is 0. The Morgan fingerprint density at radius 1 is 0.952 bits per heavy atom. The Hall–Kier alpha value is -1.06. The van der Waals surface area contributed by atoms with Gasteiger partial charge in [-0.25, -0.2) is 0 Å². The van der Waals surface area contributed by atoms with Gasteiger partial charge in [0, 0.05) is 0 Å². The first-order valence-electron chi connectivity index (χ1n) is 7.70. The smallest absolute Gasteiger partial charge is 0.137 e. The van der Waals surface area contributed by atoms with Gasteiger partial charge in [-0.15, -0.1) is 0 Å². The van der Waals surface area contributed by atoms with Crippen LogP contribution in [0.1, 0.15) is 19.3 Å². The highest BCUT2D eigenvalue weighted by Crippen LogP contribution is 2.21. The number of likely N-dealkylation sites (N-methyl/N-ethyl adjacent to an activating group) is 1. The lowest BCUT2D eigenvalue weighted by atomic mass is 10.1. The predicted octanol–water partition coefficient (Wildman–Crippen LogP) is 0.853. The van der Waals surface area contributed by atoms with Crippen LogP contribution in [0.5, 0.6) is 5.75 Å². The first-order chi connectivity index (χ1) is 9.75. The van der Waals surface area contributed by atoms with E-state index in [2.05, 4.69) is 49.5 Å². The molecule has 1 fully saturated rings. The third kappa shape index (κ3) is 4.21. The molecule has 0 radical (unpaired) electrons. The molecular weight excluding hydrogens is 326 g/mol. The summed E-state index contributed by atoms with van der Waals surface area (Å²) < 4.78 is 7.14. The molecule has 0 aliphatic carbocycles. The van der Waals surface area contributed by atoms with Crippen molar-refractivity contribution < 1.29 is 26.2 Å². The second-order valence-corrected chi connectivity index (χ2v) is 6.21. The van der Waals surface area contributed by atoms with Gasteiger partial charge in [0.25, 0.3) is 0 Å². The van der Waals surface area contributed by atoms with Crippen LogP contribution in [0.4, 0.5) is 0 Å². The van der Waals surface area contributed by atoms with Gasteiger partial charge in [0.05, 0.1) is 20.1 Å². The minimum absolute atomic E-state index is 0. The molecule has 0 saturated carbocycles. The zero-order valence-corrected chi connectivity index (χ0v) is 14.3. The summed E-state index contributed by atoms with van der Waals surface area (Å²) in [6.07, 6.45) is 4.14. The number of hydrogen-bond donors (Lipinski definition) is 0. The monoisotopic (exact) mass is 349 g/mol. The standard InChI is InChI=1S/C18H24NO.BrH/c1-19(11-5-2-6-12-19)13-14-20-18-10-9-16-7-3-4-8-17(16)15-18;/h3-4,7-10,15H,2,5-6,11-14H2,1H3;1H/q+1;/p-1. The van der Waals surface area contributed by atoms with Gasteiger partial charge in [0.2, 0.25) is 0 Å². The Morgan fingerprint density at radius 2 is 1.67 bits per heavy atom. The lowest BCUT2D eigenvalue weighted by molar-refractivity contribution is -0.914. The summed E-state index contributed by atoms with van der Waals surface area (Å²) in [7, 11) is 2.36. The lowest BCUT2D eigenvalue weighted by Gasteiger charge is -2.37. The number of piperidine rings is 1. The molecule has 2 nitrogen and oxygen atoms in total. The van der Waals surface area contributed by atoms with Crippen LogP contribution < -0.4 is 21.7 Å². The van der Waals surface area contributed by atoms with Crippen LogP contribution in [0.2, 0.25) is 0 Å². The van der Waals surface area contributed by atoms with Gasteiger partial charge in [-0.1, -0.05) is 30.3 Å². The number of benzene rings is 2. The molecule has 0 N–H and O–H groups in total. The fourth-order valence-corrected chi connectivity index (χ4v) is 3.14. The largest absolute Gasteiger partial charge is 1.00 e. The number of nitrogens with zero attached hydrogens (tertiary/aromatic N) is 1. The Kier molecular flexibility index (Phi) is 5.65. The fraction of sp³-hybridized carbons (Fsp3) is 0.444. The molecule has 1 heterocycles. The summed E-state index contributed by atoms with van der Waals surface area (Å²) in [6, 6.07) is 14.8. The molecule has 3 heteroatoms. The van der Waals surface area contributed by atoms with E-state index in [0.29, 0.717) is 0 Å². The van der Waals surface area contributed by atoms with Crippen molar-refractivity contribution >= 4 is 10.8 Å². The first-order valence-corrected chi connectivity index (χ1v) is 7.70. The number of quaternary nitrogens is 1. The van der Waals surface area contributed by atoms with E-state index in [9.17, 15) is 0 Å². The highest BCUT2D eigenvalue weighted by Gasteiger charge is 2.24. The maximum Gasteiger partial charge on any atom is 0.137 e. The van der Waals surface area contributed by atoms with Crippen molar-refractivity contribution in [3.05, 3.63) is 42.5 Å². The number of likely N-dealkylation sites (tertiary alicyclic amines) is 1. The predicted molar refractivity (Wildman–Crippen MR) is 84.1 cm³/mol. The van der Waals surface area contributed by atoms with E-state index in [1.165, 1.54) is 47.6 Å². The maximum atomic E-state index is 5.97. The summed E-state index contributed by atoms with van der Waals surface area (Å²) in [5.41, 5.74) is 0. The molecule has 1 saturated heterocycles. The quantitative estimate of drug-likeness (QED) is 0.743. The topological polar surface area (TPSA) is 9.23 Å². The molecule has 2 aromatic carbocycles. The highest BCUT2D eigenvalue weighted by atomic mass is 79.9.